The second-order valence-corrected chi connectivity index (χ2v) is 7.31. The largest absolute Gasteiger partial charge is 0.455 e. The Balaban J connectivity index is 2.03. The van der Waals surface area contributed by atoms with Crippen LogP contribution >= 0.6 is 0 Å². The van der Waals surface area contributed by atoms with Crippen LogP contribution in [0, 0.1) is 6.92 Å². The van der Waals surface area contributed by atoms with Crippen LogP contribution in [0.2, 0.25) is 0 Å². The average molecular weight is 353 g/mol. The molecule has 26 heavy (non-hydrogen) atoms. The molecule has 1 N–H and O–H groups in total. The maximum absolute atomic E-state index is 12.5. The fourth-order valence-electron chi connectivity index (χ4n) is 2.80. The summed E-state index contributed by atoms with van der Waals surface area (Å²) in [6.45, 7) is 9.38. The lowest BCUT2D eigenvalue weighted by molar-refractivity contribution is -0.152. The van der Waals surface area contributed by atoms with Crippen molar-refractivity contribution in [2.75, 3.05) is 11.9 Å². The molecule has 2 rings (SSSR count). The van der Waals surface area contributed by atoms with Crippen molar-refractivity contribution >= 4 is 17.6 Å². The van der Waals surface area contributed by atoms with Gasteiger partial charge in [-0.1, -0.05) is 62.4 Å². The Bertz CT molecular complexity index is 779. The van der Waals surface area contributed by atoms with E-state index in [2.05, 4.69) is 19.2 Å². The Kier molecular flexibility index (Phi) is 6.19. The van der Waals surface area contributed by atoms with Gasteiger partial charge in [-0.3, -0.25) is 9.59 Å². The van der Waals surface area contributed by atoms with Crippen LogP contribution < -0.4 is 5.32 Å². The lowest BCUT2D eigenvalue weighted by atomic mass is 9.85. The number of carbonyl (C=O) groups is 2. The minimum Gasteiger partial charge on any atom is -0.455 e. The van der Waals surface area contributed by atoms with Crippen molar-refractivity contribution in [3.8, 4) is 0 Å². The van der Waals surface area contributed by atoms with Gasteiger partial charge in [0.25, 0.3) is 5.91 Å². The molecule has 0 aromatic heterocycles. The number of aryl methyl sites for hydroxylation is 1. The first-order chi connectivity index (χ1) is 12.2. The molecule has 1 amide bonds. The first-order valence-corrected chi connectivity index (χ1v) is 8.85. The first-order valence-electron chi connectivity index (χ1n) is 8.85. The summed E-state index contributed by atoms with van der Waals surface area (Å²) >= 11 is 0. The second kappa shape index (κ2) is 8.17. The molecule has 0 aliphatic heterocycles. The van der Waals surface area contributed by atoms with Gasteiger partial charge in [-0.15, -0.1) is 0 Å². The predicted octanol–water partition coefficient (Wildman–Crippen LogP) is 4.58. The average Bonchev–Trinajstić information content (AvgIpc) is 2.61. The van der Waals surface area contributed by atoms with E-state index in [-0.39, 0.29) is 18.4 Å². The van der Waals surface area contributed by atoms with Gasteiger partial charge in [-0.25, -0.2) is 0 Å². The van der Waals surface area contributed by atoms with Crippen molar-refractivity contribution < 1.29 is 14.3 Å². The molecule has 4 heteroatoms. The highest BCUT2D eigenvalue weighted by Crippen LogP contribution is 2.28. The van der Waals surface area contributed by atoms with Gasteiger partial charge in [0.15, 0.2) is 6.61 Å². The highest BCUT2D eigenvalue weighted by Gasteiger charge is 2.31. The van der Waals surface area contributed by atoms with Crippen molar-refractivity contribution in [1.29, 1.82) is 0 Å². The molecular weight excluding hydrogens is 326 g/mol. The van der Waals surface area contributed by atoms with E-state index in [1.807, 2.05) is 55.5 Å². The Morgan fingerprint density at radius 2 is 1.69 bits per heavy atom. The summed E-state index contributed by atoms with van der Waals surface area (Å²) in [6.07, 6.45) is 0. The van der Waals surface area contributed by atoms with E-state index in [0.717, 1.165) is 22.4 Å². The van der Waals surface area contributed by atoms with E-state index in [4.69, 9.17) is 4.74 Å². The highest BCUT2D eigenvalue weighted by atomic mass is 16.5. The summed E-state index contributed by atoms with van der Waals surface area (Å²) in [4.78, 5) is 24.8. The van der Waals surface area contributed by atoms with Crippen molar-refractivity contribution in [3.05, 3.63) is 65.2 Å². The number of carbonyl (C=O) groups excluding carboxylic acids is 2. The lowest BCUT2D eigenvalue weighted by Crippen LogP contribution is -2.33. The molecule has 138 valence electrons. The molecule has 0 atom stereocenters. The van der Waals surface area contributed by atoms with E-state index in [1.165, 1.54) is 0 Å². The number of rotatable bonds is 6. The lowest BCUT2D eigenvalue weighted by Gasteiger charge is -2.23. The molecule has 0 fully saturated rings. The van der Waals surface area contributed by atoms with Crippen molar-refractivity contribution in [3.63, 3.8) is 0 Å². The van der Waals surface area contributed by atoms with Crippen LogP contribution in [0.1, 0.15) is 50.3 Å². The molecule has 2 aromatic carbocycles. The quantitative estimate of drug-likeness (QED) is 0.774. The van der Waals surface area contributed by atoms with Crippen molar-refractivity contribution in [1.82, 2.24) is 0 Å². The molecule has 0 unspecified atom stereocenters. The van der Waals surface area contributed by atoms with E-state index in [9.17, 15) is 9.59 Å². The normalized spacial score (nSPS) is 11.3. The third kappa shape index (κ3) is 4.51. The molecular formula is C22H27NO3. The van der Waals surface area contributed by atoms with Crippen LogP contribution in [0.15, 0.2) is 48.5 Å². The Morgan fingerprint density at radius 3 is 2.31 bits per heavy atom. The van der Waals surface area contributed by atoms with Gasteiger partial charge in [-0.2, -0.15) is 0 Å². The number of benzene rings is 2. The maximum atomic E-state index is 12.5. The molecule has 0 heterocycles. The summed E-state index contributed by atoms with van der Waals surface area (Å²) in [5.41, 5.74) is 2.89. The number of anilines is 1. The number of nitrogens with one attached hydrogen (secondary N) is 1. The van der Waals surface area contributed by atoms with Crippen LogP contribution in [0.5, 0.6) is 0 Å². The van der Waals surface area contributed by atoms with E-state index in [1.54, 1.807) is 13.8 Å². The molecule has 4 nitrogen and oxygen atoms in total. The van der Waals surface area contributed by atoms with Crippen LogP contribution in [0.4, 0.5) is 5.69 Å². The van der Waals surface area contributed by atoms with E-state index < -0.39 is 11.4 Å². The molecule has 0 radical (unpaired) electrons. The summed E-state index contributed by atoms with van der Waals surface area (Å²) in [5, 5.41) is 2.89. The summed E-state index contributed by atoms with van der Waals surface area (Å²) < 4.78 is 5.28. The zero-order valence-corrected chi connectivity index (χ0v) is 16.1. The Morgan fingerprint density at radius 1 is 1.04 bits per heavy atom. The third-order valence-electron chi connectivity index (χ3n) is 4.53. The number of hydrogen-bond acceptors (Lipinski definition) is 3. The summed E-state index contributed by atoms with van der Waals surface area (Å²) in [7, 11) is 0. The SMILES string of the molecule is Cc1cccc(C(C)C)c1NC(=O)COC(=O)C(C)(C)c1ccccc1. The van der Waals surface area contributed by atoms with Crippen molar-refractivity contribution in [2.24, 2.45) is 0 Å². The third-order valence-corrected chi connectivity index (χ3v) is 4.53. The standard InChI is InChI=1S/C22H27NO3/c1-15(2)18-13-9-10-16(3)20(18)23-19(24)14-26-21(25)22(4,5)17-11-7-6-8-12-17/h6-13,15H,14H2,1-5H3,(H,23,24). The van der Waals surface area contributed by atoms with Gasteiger partial charge in [0.05, 0.1) is 5.41 Å². The fourth-order valence-corrected chi connectivity index (χ4v) is 2.80. The smallest absolute Gasteiger partial charge is 0.316 e. The number of hydrogen-bond donors (Lipinski definition) is 1. The van der Waals surface area contributed by atoms with Crippen molar-refractivity contribution in [2.45, 2.75) is 46.0 Å². The topological polar surface area (TPSA) is 55.4 Å². The molecule has 0 aliphatic carbocycles. The maximum Gasteiger partial charge on any atom is 0.316 e. The minimum atomic E-state index is -0.812. The summed E-state index contributed by atoms with van der Waals surface area (Å²) in [5.74, 6) is -0.476. The number of esters is 1. The van der Waals surface area contributed by atoms with Gasteiger partial charge in [0.1, 0.15) is 0 Å². The van der Waals surface area contributed by atoms with Gasteiger partial charge in [-0.05, 0) is 43.4 Å². The first kappa shape index (κ1) is 19.7. The number of para-hydroxylation sites is 1. The summed E-state index contributed by atoms with van der Waals surface area (Å²) in [6, 6.07) is 15.3. The van der Waals surface area contributed by atoms with E-state index in [0.29, 0.717) is 0 Å². The zero-order valence-electron chi connectivity index (χ0n) is 16.1. The number of amides is 1. The number of ether oxygens (including phenoxy) is 1. The van der Waals surface area contributed by atoms with Crippen LogP contribution in [-0.2, 0) is 19.7 Å². The molecule has 2 aromatic rings. The van der Waals surface area contributed by atoms with Crippen LogP contribution in [0.3, 0.4) is 0 Å². The molecule has 0 aliphatic rings. The second-order valence-electron chi connectivity index (χ2n) is 7.31. The van der Waals surface area contributed by atoms with Gasteiger partial charge < -0.3 is 10.1 Å². The predicted molar refractivity (Wildman–Crippen MR) is 104 cm³/mol. The zero-order chi connectivity index (χ0) is 19.3. The molecule has 0 bridgehead atoms. The molecule has 0 saturated heterocycles. The molecule has 0 spiro atoms. The van der Waals surface area contributed by atoms with Gasteiger partial charge in [0, 0.05) is 5.69 Å². The monoisotopic (exact) mass is 353 g/mol. The fraction of sp³-hybridized carbons (Fsp3) is 0.364. The Hall–Kier alpha value is -2.62. The van der Waals surface area contributed by atoms with Gasteiger partial charge >= 0.3 is 5.97 Å². The van der Waals surface area contributed by atoms with Crippen LogP contribution in [-0.4, -0.2) is 18.5 Å². The minimum absolute atomic E-state index is 0.282. The molecule has 0 saturated carbocycles. The van der Waals surface area contributed by atoms with Gasteiger partial charge in [0.2, 0.25) is 0 Å². The highest BCUT2D eigenvalue weighted by molar-refractivity contribution is 5.95. The van der Waals surface area contributed by atoms with Crippen LogP contribution in [0.25, 0.3) is 0 Å². The Labute approximate surface area is 155 Å². The van der Waals surface area contributed by atoms with E-state index >= 15 is 0 Å².